The molecule has 1 aliphatic carbocycles. The van der Waals surface area contributed by atoms with Crippen molar-refractivity contribution in [2.75, 3.05) is 113 Å². The van der Waals surface area contributed by atoms with Crippen LogP contribution in [0.25, 0.3) is 0 Å². The molecule has 0 atom stereocenters. The maximum Gasteiger partial charge on any atom is 0.285 e. The topological polar surface area (TPSA) is 207 Å². The number of amides is 6. The largest absolute Gasteiger partial charge is 0.493 e. The standard InChI is InChI=1S/C22H27NO2S.C21H27NO3S.C21H27NO2S.C20H25NO3S.2C20H25NO2S/c1-5-23(22(24)26-4)20-8-6-7-18(17-10-11-17)19(20)14-25-21-12-9-15(2)13-16(21)3;1-6-22(21(23)26-5)18-9-8-10-20(24-7-2)17(18)14-25-19-12-11-15(3)13-16(19)4;1-6-17-9-8-10-19(22(7-2)21(23)25-5)18(17)14-24-20-12-11-15(3)13-16(20)4;1-5-21(20(23)25-4)18-8-6-7-16(12-22)17(18)13-24-19-10-9-14(2)11-15(19)3;2*1-6-21(20(22)24-5)18-9-7-8-15(3)17(18)13-23-19-11-10-14(2)12-16(19)4/h6-9,12-13,17H,5,10-11,14H2,1-4H3;8-13H,6-7,14H2,1-5H3;8-13H,6-7,14H2,1-5H3;6-11,22H,5,12-13H2,1-4H3;2*7-12H,6,13H2,1-5H3. The van der Waals surface area contributed by atoms with Crippen molar-refractivity contribution < 1.29 is 67.0 Å². The summed E-state index contributed by atoms with van der Waals surface area (Å²) in [5.74, 6) is 6.57. The Kier molecular flexibility index (Phi) is 51.6. The van der Waals surface area contributed by atoms with Crippen molar-refractivity contribution in [1.82, 2.24) is 0 Å². The summed E-state index contributed by atoms with van der Waals surface area (Å²) >= 11 is 7.34. The summed E-state index contributed by atoms with van der Waals surface area (Å²) in [7, 11) is 0. The van der Waals surface area contributed by atoms with E-state index in [2.05, 4.69) is 174 Å². The van der Waals surface area contributed by atoms with Gasteiger partial charge in [-0.25, -0.2) is 0 Å². The lowest BCUT2D eigenvalue weighted by molar-refractivity contribution is 0.263. The van der Waals surface area contributed by atoms with Gasteiger partial charge in [-0.3, -0.25) is 28.8 Å². The molecule has 0 heterocycles. The van der Waals surface area contributed by atoms with Gasteiger partial charge in [0, 0.05) is 67.1 Å². The molecule has 13 rings (SSSR count). The fourth-order valence-corrected chi connectivity index (χ4v) is 20.2. The lowest BCUT2D eigenvalue weighted by atomic mass is 10.0. The quantitative estimate of drug-likeness (QED) is 0.0392. The van der Waals surface area contributed by atoms with Crippen molar-refractivity contribution in [3.05, 3.63) is 346 Å². The summed E-state index contributed by atoms with van der Waals surface area (Å²) in [5, 5.41) is 9.94. The van der Waals surface area contributed by atoms with Crippen LogP contribution < -0.4 is 62.6 Å². The monoisotopic (exact) mass is 2150 g/mol. The normalized spacial score (nSPS) is 11.1. The van der Waals surface area contributed by atoms with Crippen LogP contribution in [0.3, 0.4) is 0 Å². The van der Waals surface area contributed by atoms with E-state index in [1.807, 2.05) is 231 Å². The molecule has 12 aromatic carbocycles. The van der Waals surface area contributed by atoms with Gasteiger partial charge in [-0.2, -0.15) is 0 Å². The summed E-state index contributed by atoms with van der Waals surface area (Å²) in [6.45, 7) is 51.5. The second kappa shape index (κ2) is 62.8. The summed E-state index contributed by atoms with van der Waals surface area (Å²) in [6.07, 6.45) is 14.2. The molecule has 12 aromatic rings. The fraction of sp³-hybridized carbons (Fsp3) is 0.371. The molecule has 20 nitrogen and oxygen atoms in total. The van der Waals surface area contributed by atoms with Crippen LogP contribution in [0, 0.1) is 96.9 Å². The van der Waals surface area contributed by atoms with Gasteiger partial charge < -0.3 is 67.7 Å². The summed E-state index contributed by atoms with van der Waals surface area (Å²) < 4.78 is 42.4. The van der Waals surface area contributed by atoms with E-state index in [1.165, 1.54) is 128 Å². The number of hydrogen-bond acceptors (Lipinski definition) is 20. The molecule has 0 aliphatic heterocycles. The molecule has 0 bridgehead atoms. The van der Waals surface area contributed by atoms with Gasteiger partial charge in [-0.1, -0.05) is 250 Å². The molecule has 150 heavy (non-hydrogen) atoms. The molecule has 1 fully saturated rings. The average Bonchev–Trinajstić information content (AvgIpc) is 1.63. The smallest absolute Gasteiger partial charge is 0.285 e. The highest BCUT2D eigenvalue weighted by atomic mass is 32.2. The van der Waals surface area contributed by atoms with Gasteiger partial charge in [-0.05, 0) is 348 Å². The molecule has 1 aliphatic rings. The Morgan fingerprint density at radius 2 is 0.480 bits per heavy atom. The molecular formula is C124H156N6O14S6. The van der Waals surface area contributed by atoms with Crippen LogP contribution in [-0.2, 0) is 52.7 Å². The molecule has 6 amide bonds. The van der Waals surface area contributed by atoms with Crippen molar-refractivity contribution in [2.24, 2.45) is 0 Å². The molecule has 0 aromatic heterocycles. The molecule has 0 radical (unpaired) electrons. The Morgan fingerprint density at radius 1 is 0.253 bits per heavy atom. The zero-order valence-corrected chi connectivity index (χ0v) is 98.2. The first-order chi connectivity index (χ1) is 72.0. The van der Waals surface area contributed by atoms with Crippen LogP contribution in [0.2, 0.25) is 0 Å². The molecule has 1 saturated carbocycles. The van der Waals surface area contributed by atoms with Crippen molar-refractivity contribution >= 4 is 136 Å². The number of carbonyl (C=O) groups excluding carboxylic acids is 6. The van der Waals surface area contributed by atoms with E-state index in [1.54, 1.807) is 32.1 Å². The number of anilines is 6. The number of aryl methyl sites for hydroxylation is 15. The van der Waals surface area contributed by atoms with E-state index < -0.39 is 0 Å². The number of aliphatic hydroxyl groups is 1. The highest BCUT2D eigenvalue weighted by Crippen LogP contribution is 2.46. The average molecular weight is 2150 g/mol. The number of ether oxygens (including phenoxy) is 7. The molecule has 1 N–H and O–H groups in total. The van der Waals surface area contributed by atoms with E-state index in [0.29, 0.717) is 91.4 Å². The predicted molar refractivity (Wildman–Crippen MR) is 640 cm³/mol. The van der Waals surface area contributed by atoms with E-state index >= 15 is 0 Å². The van der Waals surface area contributed by atoms with E-state index in [-0.39, 0.29) is 38.0 Å². The second-order valence-electron chi connectivity index (χ2n) is 36.4. The first-order valence-corrected chi connectivity index (χ1v) is 58.6. The summed E-state index contributed by atoms with van der Waals surface area (Å²) in [5.41, 5.74) is 31.1. The highest BCUT2D eigenvalue weighted by molar-refractivity contribution is 8.14. The second-order valence-corrected chi connectivity index (χ2v) is 41.0. The minimum atomic E-state index is -0.0928. The first-order valence-electron chi connectivity index (χ1n) is 51.2. The number of nitrogens with zero attached hydrogens (tertiary/aromatic N) is 6. The molecular weight excluding hydrogens is 1990 g/mol. The predicted octanol–water partition coefficient (Wildman–Crippen LogP) is 33.1. The van der Waals surface area contributed by atoms with Crippen LogP contribution in [-0.4, -0.2) is 120 Å². The van der Waals surface area contributed by atoms with Crippen LogP contribution in [0.5, 0.6) is 40.2 Å². The molecule has 802 valence electrons. The maximum atomic E-state index is 12.4. The number of aliphatic hydroxyl groups excluding tert-OH is 1. The number of rotatable bonds is 35. The van der Waals surface area contributed by atoms with Crippen LogP contribution >= 0.6 is 70.6 Å². The number of thioether (sulfide) groups is 6. The van der Waals surface area contributed by atoms with Crippen molar-refractivity contribution in [3.63, 3.8) is 0 Å². The Balaban J connectivity index is 0.000000219. The summed E-state index contributed by atoms with van der Waals surface area (Å²) in [4.78, 5) is 84.5. The molecule has 0 spiro atoms. The van der Waals surface area contributed by atoms with Crippen molar-refractivity contribution in [3.8, 4) is 40.2 Å². The van der Waals surface area contributed by atoms with Gasteiger partial charge in [0.15, 0.2) is 0 Å². The van der Waals surface area contributed by atoms with E-state index in [4.69, 9.17) is 33.2 Å². The van der Waals surface area contributed by atoms with Gasteiger partial charge in [0.05, 0.1) is 52.9 Å². The zero-order chi connectivity index (χ0) is 110. The lowest BCUT2D eigenvalue weighted by Crippen LogP contribution is -2.28. The Hall–Kier alpha value is -11.9. The van der Waals surface area contributed by atoms with Gasteiger partial charge in [0.1, 0.15) is 79.9 Å². The summed E-state index contributed by atoms with van der Waals surface area (Å²) in [6, 6.07) is 72.9. The third-order valence-corrected chi connectivity index (χ3v) is 29.1. The minimum Gasteiger partial charge on any atom is -0.493 e. The molecule has 0 saturated heterocycles. The molecule has 26 heteroatoms. The van der Waals surface area contributed by atoms with Crippen LogP contribution in [0.1, 0.15) is 202 Å². The van der Waals surface area contributed by atoms with Gasteiger partial charge in [0.25, 0.3) is 31.4 Å². The Labute approximate surface area is 919 Å². The van der Waals surface area contributed by atoms with E-state index in [9.17, 15) is 33.9 Å². The Morgan fingerprint density at radius 3 is 0.733 bits per heavy atom. The van der Waals surface area contributed by atoms with Gasteiger partial charge in [-0.15, -0.1) is 0 Å². The Bertz CT molecular complexity index is 6240. The van der Waals surface area contributed by atoms with Crippen molar-refractivity contribution in [1.29, 1.82) is 0 Å². The highest BCUT2D eigenvalue weighted by Gasteiger charge is 2.31. The molecule has 0 unspecified atom stereocenters. The first kappa shape index (κ1) is 123. The van der Waals surface area contributed by atoms with Crippen LogP contribution in [0.4, 0.5) is 62.9 Å². The number of benzene rings is 12. The third-order valence-electron chi connectivity index (χ3n) is 25.7. The lowest BCUT2D eigenvalue weighted by Gasteiger charge is -2.25. The minimum absolute atomic E-state index is 0.00825. The maximum absolute atomic E-state index is 12.4. The number of hydrogen-bond donors (Lipinski definition) is 1. The zero-order valence-electron chi connectivity index (χ0n) is 93.3. The van der Waals surface area contributed by atoms with Gasteiger partial charge in [0.2, 0.25) is 0 Å². The van der Waals surface area contributed by atoms with Gasteiger partial charge >= 0.3 is 0 Å². The van der Waals surface area contributed by atoms with Crippen molar-refractivity contribution in [2.45, 2.75) is 224 Å². The number of carbonyl (C=O) groups is 6. The fourth-order valence-electron chi connectivity index (χ4n) is 17.6. The SMILES string of the molecule is CCN(C(=O)SC)c1cccc(C)c1COc1ccc(C)cc1C.CCN(C(=O)SC)c1cccc(C)c1COc1ccc(C)cc1C.CCN(C(=O)SC)c1cccc(C2CC2)c1COc1ccc(C)cc1C.CCN(C(=O)SC)c1cccc(CO)c1COc1ccc(C)cc1C.CCOc1cccc(N(CC)C(=O)SC)c1COc1ccc(C)cc1C.CCc1cccc(N(CC)C(=O)SC)c1COc1ccc(C)cc1C. The van der Waals surface area contributed by atoms with E-state index in [0.717, 1.165) is 164 Å². The third kappa shape index (κ3) is 35.1. The van der Waals surface area contributed by atoms with Crippen LogP contribution in [0.15, 0.2) is 218 Å².